The summed E-state index contributed by atoms with van der Waals surface area (Å²) >= 11 is 0. The summed E-state index contributed by atoms with van der Waals surface area (Å²) in [5.41, 5.74) is 1.45. The maximum absolute atomic E-state index is 5.26. The van der Waals surface area contributed by atoms with Crippen LogP contribution in [0.1, 0.15) is 27.2 Å². The first-order valence-corrected chi connectivity index (χ1v) is 3.54. The minimum absolute atomic E-state index is 0.419. The molecule has 52 valence electrons. The second kappa shape index (κ2) is 2.42. The summed E-state index contributed by atoms with van der Waals surface area (Å²) in [7, 11) is 0. The van der Waals surface area contributed by atoms with Crippen LogP contribution in [0.2, 0.25) is 0 Å². The van der Waals surface area contributed by atoms with Crippen LogP contribution >= 0.6 is 0 Å². The van der Waals surface area contributed by atoms with E-state index in [1.165, 1.54) is 5.57 Å². The molecule has 0 amide bonds. The van der Waals surface area contributed by atoms with Gasteiger partial charge >= 0.3 is 0 Å². The molecule has 0 N–H and O–H groups in total. The van der Waals surface area contributed by atoms with Crippen LogP contribution in [0.3, 0.4) is 0 Å². The Balaban J connectivity index is 2.45. The van der Waals surface area contributed by atoms with Crippen molar-refractivity contribution in [3.05, 3.63) is 11.8 Å². The molecule has 1 heterocycles. The van der Waals surface area contributed by atoms with E-state index in [-0.39, 0.29) is 0 Å². The molecular weight excluding hydrogens is 112 g/mol. The Kier molecular flexibility index (Phi) is 1.79. The van der Waals surface area contributed by atoms with Gasteiger partial charge in [0.1, 0.15) is 0 Å². The van der Waals surface area contributed by atoms with Crippen molar-refractivity contribution in [2.24, 2.45) is 5.92 Å². The molecule has 1 rings (SSSR count). The molecular formula is C8H14O. The zero-order valence-electron chi connectivity index (χ0n) is 6.35. The van der Waals surface area contributed by atoms with Gasteiger partial charge in [-0.1, -0.05) is 13.8 Å². The molecule has 0 fully saturated rings. The standard InChI is InChI=1S/C8H14O/c1-6(2)8-4-7(3)9-5-8/h5-7H,4H2,1-3H3. The van der Waals surface area contributed by atoms with Crippen LogP contribution in [0.5, 0.6) is 0 Å². The average Bonchev–Trinajstić information content (AvgIpc) is 2.14. The van der Waals surface area contributed by atoms with E-state index in [1.807, 2.05) is 6.26 Å². The first kappa shape index (κ1) is 6.66. The predicted octanol–water partition coefficient (Wildman–Crippen LogP) is 2.34. The highest BCUT2D eigenvalue weighted by atomic mass is 16.5. The van der Waals surface area contributed by atoms with Gasteiger partial charge < -0.3 is 4.74 Å². The quantitative estimate of drug-likeness (QED) is 0.524. The van der Waals surface area contributed by atoms with Gasteiger partial charge in [0.15, 0.2) is 0 Å². The fourth-order valence-corrected chi connectivity index (χ4v) is 1.00. The Morgan fingerprint density at radius 1 is 1.67 bits per heavy atom. The lowest BCUT2D eigenvalue weighted by atomic mass is 10.0. The van der Waals surface area contributed by atoms with Crippen LogP contribution in [0.25, 0.3) is 0 Å². The molecule has 0 spiro atoms. The van der Waals surface area contributed by atoms with E-state index in [1.54, 1.807) is 0 Å². The van der Waals surface area contributed by atoms with Gasteiger partial charge in [0.25, 0.3) is 0 Å². The Labute approximate surface area is 56.7 Å². The third kappa shape index (κ3) is 1.47. The second-order valence-corrected chi connectivity index (χ2v) is 3.00. The van der Waals surface area contributed by atoms with E-state index in [2.05, 4.69) is 20.8 Å². The number of ether oxygens (including phenoxy) is 1. The van der Waals surface area contributed by atoms with Gasteiger partial charge in [-0.05, 0) is 18.4 Å². The average molecular weight is 126 g/mol. The van der Waals surface area contributed by atoms with E-state index >= 15 is 0 Å². The van der Waals surface area contributed by atoms with Crippen molar-refractivity contribution in [1.82, 2.24) is 0 Å². The van der Waals surface area contributed by atoms with Gasteiger partial charge in [0.05, 0.1) is 12.4 Å². The molecule has 0 bridgehead atoms. The molecule has 0 saturated carbocycles. The predicted molar refractivity (Wildman–Crippen MR) is 38.1 cm³/mol. The lowest BCUT2D eigenvalue weighted by Gasteiger charge is -2.03. The largest absolute Gasteiger partial charge is 0.498 e. The Bertz CT molecular complexity index is 125. The molecule has 0 aromatic heterocycles. The van der Waals surface area contributed by atoms with Crippen molar-refractivity contribution in [1.29, 1.82) is 0 Å². The summed E-state index contributed by atoms with van der Waals surface area (Å²) in [6, 6.07) is 0. The van der Waals surface area contributed by atoms with Crippen LogP contribution in [0.4, 0.5) is 0 Å². The molecule has 1 heteroatoms. The Morgan fingerprint density at radius 2 is 2.33 bits per heavy atom. The smallest absolute Gasteiger partial charge is 0.0988 e. The van der Waals surface area contributed by atoms with Crippen molar-refractivity contribution in [3.63, 3.8) is 0 Å². The third-order valence-electron chi connectivity index (χ3n) is 1.72. The highest BCUT2D eigenvalue weighted by molar-refractivity contribution is 5.06. The summed E-state index contributed by atoms with van der Waals surface area (Å²) in [6.45, 7) is 6.51. The van der Waals surface area contributed by atoms with Crippen molar-refractivity contribution >= 4 is 0 Å². The Hall–Kier alpha value is -0.460. The minimum Gasteiger partial charge on any atom is -0.498 e. The molecule has 1 aliphatic heterocycles. The molecule has 0 aromatic rings. The minimum atomic E-state index is 0.419. The third-order valence-corrected chi connectivity index (χ3v) is 1.72. The normalized spacial score (nSPS) is 26.2. The van der Waals surface area contributed by atoms with Crippen LogP contribution < -0.4 is 0 Å². The molecule has 0 aliphatic carbocycles. The van der Waals surface area contributed by atoms with Crippen molar-refractivity contribution in [2.75, 3.05) is 0 Å². The fourth-order valence-electron chi connectivity index (χ4n) is 1.00. The maximum atomic E-state index is 5.26. The van der Waals surface area contributed by atoms with Crippen molar-refractivity contribution < 1.29 is 4.74 Å². The van der Waals surface area contributed by atoms with E-state index in [9.17, 15) is 0 Å². The van der Waals surface area contributed by atoms with E-state index in [0.717, 1.165) is 6.42 Å². The molecule has 0 aromatic carbocycles. The molecule has 1 atom stereocenters. The van der Waals surface area contributed by atoms with E-state index < -0.39 is 0 Å². The summed E-state index contributed by atoms with van der Waals surface area (Å²) in [4.78, 5) is 0. The zero-order chi connectivity index (χ0) is 6.85. The molecule has 1 nitrogen and oxygen atoms in total. The van der Waals surface area contributed by atoms with Gasteiger partial charge in [0, 0.05) is 6.42 Å². The fraction of sp³-hybridized carbons (Fsp3) is 0.750. The van der Waals surface area contributed by atoms with Gasteiger partial charge in [-0.2, -0.15) is 0 Å². The topological polar surface area (TPSA) is 9.23 Å². The number of hydrogen-bond acceptors (Lipinski definition) is 1. The number of rotatable bonds is 1. The highest BCUT2D eigenvalue weighted by Gasteiger charge is 2.15. The molecule has 0 radical (unpaired) electrons. The van der Waals surface area contributed by atoms with Crippen LogP contribution in [-0.4, -0.2) is 6.10 Å². The van der Waals surface area contributed by atoms with Crippen molar-refractivity contribution in [2.45, 2.75) is 33.3 Å². The van der Waals surface area contributed by atoms with Crippen LogP contribution in [0, 0.1) is 5.92 Å². The summed E-state index contributed by atoms with van der Waals surface area (Å²) in [5.74, 6) is 0.662. The van der Waals surface area contributed by atoms with Gasteiger partial charge in [-0.25, -0.2) is 0 Å². The maximum Gasteiger partial charge on any atom is 0.0988 e. The molecule has 1 aliphatic rings. The van der Waals surface area contributed by atoms with Gasteiger partial charge in [0.2, 0.25) is 0 Å². The lowest BCUT2D eigenvalue weighted by molar-refractivity contribution is 0.189. The molecule has 1 unspecified atom stereocenters. The van der Waals surface area contributed by atoms with Crippen LogP contribution in [0.15, 0.2) is 11.8 Å². The summed E-state index contributed by atoms with van der Waals surface area (Å²) in [6.07, 6.45) is 3.45. The zero-order valence-corrected chi connectivity index (χ0v) is 6.35. The first-order chi connectivity index (χ1) is 4.20. The second-order valence-electron chi connectivity index (χ2n) is 3.00. The van der Waals surface area contributed by atoms with Gasteiger partial charge in [-0.15, -0.1) is 0 Å². The summed E-state index contributed by atoms with van der Waals surface area (Å²) < 4.78 is 5.26. The molecule has 0 saturated heterocycles. The number of hydrogen-bond donors (Lipinski definition) is 0. The van der Waals surface area contributed by atoms with Crippen molar-refractivity contribution in [3.8, 4) is 0 Å². The highest BCUT2D eigenvalue weighted by Crippen LogP contribution is 2.23. The van der Waals surface area contributed by atoms with Crippen LogP contribution in [-0.2, 0) is 4.74 Å². The lowest BCUT2D eigenvalue weighted by Crippen LogP contribution is -1.98. The van der Waals surface area contributed by atoms with E-state index in [0.29, 0.717) is 12.0 Å². The monoisotopic (exact) mass is 126 g/mol. The SMILES string of the molecule is CC1CC(C(C)C)=CO1. The van der Waals surface area contributed by atoms with E-state index in [4.69, 9.17) is 4.74 Å². The first-order valence-electron chi connectivity index (χ1n) is 3.54. The molecule has 9 heavy (non-hydrogen) atoms. The Morgan fingerprint density at radius 3 is 2.56 bits per heavy atom. The van der Waals surface area contributed by atoms with Gasteiger partial charge in [-0.3, -0.25) is 0 Å². The summed E-state index contributed by atoms with van der Waals surface area (Å²) in [5, 5.41) is 0.